The summed E-state index contributed by atoms with van der Waals surface area (Å²) in [5, 5.41) is 3.65. The molecule has 1 aliphatic heterocycles. The van der Waals surface area contributed by atoms with E-state index >= 15 is 0 Å². The van der Waals surface area contributed by atoms with E-state index < -0.39 is 0 Å². The van der Waals surface area contributed by atoms with Gasteiger partial charge in [0.2, 0.25) is 5.91 Å². The smallest absolute Gasteiger partial charge is 0.254 e. The number of amides is 1. The number of carbonyl (C=O) groups excluding carboxylic acids is 1. The van der Waals surface area contributed by atoms with E-state index in [-0.39, 0.29) is 17.5 Å². The Morgan fingerprint density at radius 2 is 2.17 bits per heavy atom. The lowest BCUT2D eigenvalue weighted by atomic mass is 10.2. The van der Waals surface area contributed by atoms with Crippen LogP contribution >= 0.6 is 11.8 Å². The van der Waals surface area contributed by atoms with E-state index in [0.717, 1.165) is 22.8 Å². The summed E-state index contributed by atoms with van der Waals surface area (Å²) in [6.45, 7) is 2.49. The van der Waals surface area contributed by atoms with Gasteiger partial charge in [0.05, 0.1) is 6.04 Å². The van der Waals surface area contributed by atoms with Gasteiger partial charge >= 0.3 is 0 Å². The number of benzene rings is 1. The highest BCUT2D eigenvalue weighted by Gasteiger charge is 2.27. The predicted molar refractivity (Wildman–Crippen MR) is 90.5 cm³/mol. The molecule has 2 heterocycles. The molecule has 1 N–H and O–H groups in total. The number of aromatic nitrogens is 2. The highest BCUT2D eigenvalue weighted by molar-refractivity contribution is 7.99. The Morgan fingerprint density at radius 3 is 2.91 bits per heavy atom. The second-order valence-electron chi connectivity index (χ2n) is 5.52. The Kier molecular flexibility index (Phi) is 4.81. The fourth-order valence-corrected chi connectivity index (χ4v) is 3.78. The second-order valence-corrected chi connectivity index (χ2v) is 6.51. The molecule has 0 fully saturated rings. The minimum atomic E-state index is -0.114. The number of nitrogens with zero attached hydrogens (tertiary/aromatic N) is 2. The van der Waals surface area contributed by atoms with E-state index in [1.165, 1.54) is 0 Å². The van der Waals surface area contributed by atoms with Crippen LogP contribution < -0.4 is 10.9 Å². The minimum absolute atomic E-state index is 0.0428. The van der Waals surface area contributed by atoms with Gasteiger partial charge in [0.15, 0.2) is 5.16 Å². The zero-order valence-electron chi connectivity index (χ0n) is 13.0. The number of aryl methyl sites for hydroxylation is 1. The van der Waals surface area contributed by atoms with Gasteiger partial charge in [-0.3, -0.25) is 14.2 Å². The van der Waals surface area contributed by atoms with E-state index in [9.17, 15) is 9.59 Å². The first-order chi connectivity index (χ1) is 11.2. The molecule has 0 radical (unpaired) electrons. The molecule has 1 amide bonds. The summed E-state index contributed by atoms with van der Waals surface area (Å²) in [5.74, 6) is 0.674. The lowest BCUT2D eigenvalue weighted by molar-refractivity contribution is -0.121. The van der Waals surface area contributed by atoms with Crippen molar-refractivity contribution < 1.29 is 4.79 Å². The van der Waals surface area contributed by atoms with Crippen molar-refractivity contribution in [3.05, 3.63) is 58.0 Å². The molecule has 0 aliphatic carbocycles. The molecule has 6 heteroatoms. The average molecular weight is 329 g/mol. The number of thioether (sulfide) groups is 1. The molecule has 5 nitrogen and oxygen atoms in total. The molecular formula is C17H19N3O2S. The monoisotopic (exact) mass is 329 g/mol. The summed E-state index contributed by atoms with van der Waals surface area (Å²) in [5.41, 5.74) is 1.81. The topological polar surface area (TPSA) is 64.0 Å². The molecule has 0 saturated carbocycles. The fourth-order valence-electron chi connectivity index (χ4n) is 2.61. The molecule has 1 atom stereocenters. The van der Waals surface area contributed by atoms with E-state index in [0.29, 0.717) is 18.7 Å². The molecule has 23 heavy (non-hydrogen) atoms. The fraction of sp³-hybridized carbons (Fsp3) is 0.353. The first kappa shape index (κ1) is 15.8. The van der Waals surface area contributed by atoms with Gasteiger partial charge in [-0.25, -0.2) is 4.98 Å². The Labute approximate surface area is 139 Å². The number of hydrogen-bond acceptors (Lipinski definition) is 4. The zero-order valence-corrected chi connectivity index (χ0v) is 13.8. The molecule has 1 aromatic carbocycles. The van der Waals surface area contributed by atoms with Crippen LogP contribution in [-0.4, -0.2) is 21.2 Å². The van der Waals surface area contributed by atoms with Gasteiger partial charge in [0, 0.05) is 30.5 Å². The Hall–Kier alpha value is -2.08. The number of nitrogens with one attached hydrogen (secondary N) is 1. The van der Waals surface area contributed by atoms with Crippen molar-refractivity contribution in [3.63, 3.8) is 0 Å². The van der Waals surface area contributed by atoms with Crippen LogP contribution in [-0.2, 0) is 17.8 Å². The number of hydrogen-bond donors (Lipinski definition) is 1. The van der Waals surface area contributed by atoms with E-state index in [2.05, 4.69) is 10.3 Å². The average Bonchev–Trinajstić information content (AvgIpc) is 2.97. The minimum Gasteiger partial charge on any atom is -0.352 e. The molecule has 1 aromatic heterocycles. The third-order valence-electron chi connectivity index (χ3n) is 3.86. The highest BCUT2D eigenvalue weighted by Crippen LogP contribution is 2.31. The number of rotatable bonds is 5. The van der Waals surface area contributed by atoms with Gasteiger partial charge < -0.3 is 5.32 Å². The summed E-state index contributed by atoms with van der Waals surface area (Å²) in [6, 6.07) is 11.2. The van der Waals surface area contributed by atoms with Crippen LogP contribution in [0.25, 0.3) is 0 Å². The van der Waals surface area contributed by atoms with Crippen LogP contribution in [0, 0.1) is 0 Å². The van der Waals surface area contributed by atoms with E-state index in [4.69, 9.17) is 0 Å². The van der Waals surface area contributed by atoms with Crippen molar-refractivity contribution in [2.24, 2.45) is 0 Å². The molecular weight excluding hydrogens is 310 g/mol. The molecule has 0 bridgehead atoms. The molecule has 2 aromatic rings. The molecule has 1 unspecified atom stereocenters. The first-order valence-corrected chi connectivity index (χ1v) is 8.72. The zero-order chi connectivity index (χ0) is 16.2. The van der Waals surface area contributed by atoms with Crippen molar-refractivity contribution in [1.29, 1.82) is 0 Å². The SMILES string of the molecule is CCc1cc(=O)n2c(n1)SCC2CC(=O)NCc1ccccc1. The first-order valence-electron chi connectivity index (χ1n) is 7.73. The Morgan fingerprint density at radius 1 is 1.39 bits per heavy atom. The third kappa shape index (κ3) is 3.64. The van der Waals surface area contributed by atoms with Crippen LogP contribution in [0.1, 0.15) is 30.6 Å². The maximum absolute atomic E-state index is 12.2. The third-order valence-corrected chi connectivity index (χ3v) is 4.96. The lowest BCUT2D eigenvalue weighted by Crippen LogP contribution is -2.30. The van der Waals surface area contributed by atoms with Crippen LogP contribution in [0.4, 0.5) is 0 Å². The normalized spacial score (nSPS) is 16.1. The van der Waals surface area contributed by atoms with Crippen molar-refractivity contribution >= 4 is 17.7 Å². The largest absolute Gasteiger partial charge is 0.352 e. The van der Waals surface area contributed by atoms with Crippen LogP contribution in [0.5, 0.6) is 0 Å². The van der Waals surface area contributed by atoms with E-state index in [1.54, 1.807) is 22.4 Å². The molecule has 3 rings (SSSR count). The molecule has 120 valence electrons. The van der Waals surface area contributed by atoms with Gasteiger partial charge in [-0.1, -0.05) is 49.0 Å². The van der Waals surface area contributed by atoms with Crippen molar-refractivity contribution in [2.45, 2.75) is 37.5 Å². The Bertz CT molecular complexity index is 758. The highest BCUT2D eigenvalue weighted by atomic mass is 32.2. The molecule has 1 aliphatic rings. The number of carbonyl (C=O) groups is 1. The van der Waals surface area contributed by atoms with Gasteiger partial charge in [-0.2, -0.15) is 0 Å². The molecule has 0 spiro atoms. The van der Waals surface area contributed by atoms with Gasteiger partial charge in [-0.15, -0.1) is 0 Å². The summed E-state index contributed by atoms with van der Waals surface area (Å²) in [4.78, 5) is 28.9. The van der Waals surface area contributed by atoms with Crippen LogP contribution in [0.3, 0.4) is 0 Å². The Balaban J connectivity index is 1.64. The van der Waals surface area contributed by atoms with Gasteiger partial charge in [0.25, 0.3) is 5.56 Å². The summed E-state index contributed by atoms with van der Waals surface area (Å²) < 4.78 is 1.66. The second kappa shape index (κ2) is 7.00. The van der Waals surface area contributed by atoms with Gasteiger partial charge in [-0.05, 0) is 12.0 Å². The van der Waals surface area contributed by atoms with Crippen LogP contribution in [0.2, 0.25) is 0 Å². The lowest BCUT2D eigenvalue weighted by Gasteiger charge is -2.13. The van der Waals surface area contributed by atoms with E-state index in [1.807, 2.05) is 37.3 Å². The van der Waals surface area contributed by atoms with Crippen LogP contribution in [0.15, 0.2) is 46.3 Å². The molecule has 0 saturated heterocycles. The van der Waals surface area contributed by atoms with Gasteiger partial charge in [0.1, 0.15) is 0 Å². The van der Waals surface area contributed by atoms with Crippen molar-refractivity contribution in [3.8, 4) is 0 Å². The maximum atomic E-state index is 12.2. The predicted octanol–water partition coefficient (Wildman–Crippen LogP) is 2.16. The van der Waals surface area contributed by atoms with Crippen molar-refractivity contribution in [2.75, 3.05) is 5.75 Å². The summed E-state index contributed by atoms with van der Waals surface area (Å²) in [7, 11) is 0. The summed E-state index contributed by atoms with van der Waals surface area (Å²) in [6.07, 6.45) is 1.05. The quantitative estimate of drug-likeness (QED) is 0.854. The number of fused-ring (bicyclic) bond motifs is 1. The standard InChI is InChI=1S/C17H19N3O2S/c1-2-13-8-16(22)20-14(11-23-17(20)19-13)9-15(21)18-10-12-6-4-3-5-7-12/h3-8,14H,2,9-11H2,1H3,(H,18,21). The maximum Gasteiger partial charge on any atom is 0.254 e. The summed E-state index contributed by atoms with van der Waals surface area (Å²) >= 11 is 1.55. The van der Waals surface area contributed by atoms with Crippen molar-refractivity contribution in [1.82, 2.24) is 14.9 Å².